The second-order valence-corrected chi connectivity index (χ2v) is 9.94. The number of aromatic nitrogens is 2. The van der Waals surface area contributed by atoms with Gasteiger partial charge >= 0.3 is 0 Å². The number of piperidine rings is 1. The van der Waals surface area contributed by atoms with Crippen molar-refractivity contribution in [2.75, 3.05) is 13.1 Å². The van der Waals surface area contributed by atoms with Gasteiger partial charge in [-0.15, -0.1) is 5.10 Å². The van der Waals surface area contributed by atoms with E-state index >= 15 is 0 Å². The maximum absolute atomic E-state index is 12.6. The Hall–Kier alpha value is -0.890. The van der Waals surface area contributed by atoms with E-state index in [4.69, 9.17) is 23.8 Å². The molecule has 1 unspecified atom stereocenters. The molecule has 0 spiro atoms. The van der Waals surface area contributed by atoms with Gasteiger partial charge in [0.05, 0.1) is 10.9 Å². The van der Waals surface area contributed by atoms with Crippen LogP contribution in [0.15, 0.2) is 28.6 Å². The largest absolute Gasteiger partial charge is 0.342 e. The number of carbonyl (C=O) groups is 1. The molecule has 3 rings (SSSR count). The van der Waals surface area contributed by atoms with Crippen molar-refractivity contribution in [3.63, 3.8) is 0 Å². The third-order valence-corrected chi connectivity index (χ3v) is 6.98. The number of carbonyl (C=O) groups excluding carboxylic acids is 1. The van der Waals surface area contributed by atoms with Gasteiger partial charge in [0, 0.05) is 18.1 Å². The van der Waals surface area contributed by atoms with Gasteiger partial charge in [-0.1, -0.05) is 41.6 Å². The Labute approximate surface area is 166 Å². The number of hydrogen-bond donors (Lipinski definition) is 0. The van der Waals surface area contributed by atoms with Gasteiger partial charge in [0.1, 0.15) is 0 Å². The van der Waals surface area contributed by atoms with Gasteiger partial charge in [-0.25, -0.2) is 4.68 Å². The molecule has 0 aliphatic carbocycles. The molecule has 1 aromatic carbocycles. The first-order valence-corrected chi connectivity index (χ1v) is 10.7. The molecular formula is C17H20ClN3OS3. The predicted octanol–water partition coefficient (Wildman–Crippen LogP) is 5.06. The summed E-state index contributed by atoms with van der Waals surface area (Å²) in [6.45, 7) is 5.91. The predicted molar refractivity (Wildman–Crippen MR) is 108 cm³/mol. The van der Waals surface area contributed by atoms with Crippen LogP contribution in [0.1, 0.15) is 26.7 Å². The van der Waals surface area contributed by atoms with Gasteiger partial charge in [0.25, 0.3) is 0 Å². The number of nitrogens with zero attached hydrogens (tertiary/aromatic N) is 3. The zero-order chi connectivity index (χ0) is 18.0. The Kier molecular flexibility index (Phi) is 6.20. The van der Waals surface area contributed by atoms with Crippen LogP contribution in [0.4, 0.5) is 0 Å². The summed E-state index contributed by atoms with van der Waals surface area (Å²) in [4.78, 5) is 14.6. The SMILES string of the molecule is CC1CCN(C(=O)C(C)Sc2nn(-c3ccc(Cl)cc3)c(=S)s2)CC1. The smallest absolute Gasteiger partial charge is 0.235 e. The van der Waals surface area contributed by atoms with Crippen molar-refractivity contribution in [1.29, 1.82) is 0 Å². The molecule has 0 saturated carbocycles. The first-order valence-electron chi connectivity index (χ1n) is 8.25. The molecule has 1 aliphatic heterocycles. The van der Waals surface area contributed by atoms with E-state index in [2.05, 4.69) is 12.0 Å². The minimum atomic E-state index is -0.160. The fourth-order valence-corrected chi connectivity index (χ4v) is 5.46. The number of amides is 1. The van der Waals surface area contributed by atoms with Gasteiger partial charge < -0.3 is 4.90 Å². The summed E-state index contributed by atoms with van der Waals surface area (Å²) in [6.07, 6.45) is 2.18. The molecule has 0 radical (unpaired) electrons. The second-order valence-electron chi connectivity index (χ2n) is 6.29. The number of thioether (sulfide) groups is 1. The summed E-state index contributed by atoms with van der Waals surface area (Å²) in [5.41, 5.74) is 0.876. The fourth-order valence-electron chi connectivity index (χ4n) is 2.74. The third-order valence-electron chi connectivity index (χ3n) is 4.32. The summed E-state index contributed by atoms with van der Waals surface area (Å²) >= 11 is 14.3. The van der Waals surface area contributed by atoms with Crippen LogP contribution in [0.25, 0.3) is 5.69 Å². The standard InChI is InChI=1S/C17H20ClN3OS3/c1-11-7-9-20(10-8-11)15(22)12(2)24-16-19-21(17(23)25-16)14-5-3-13(18)4-6-14/h3-6,11-12H,7-10H2,1-2H3. The summed E-state index contributed by atoms with van der Waals surface area (Å²) in [7, 11) is 0. The van der Waals surface area contributed by atoms with Crippen molar-refractivity contribution in [3.8, 4) is 5.69 Å². The molecule has 8 heteroatoms. The Morgan fingerprint density at radius 3 is 2.64 bits per heavy atom. The first-order chi connectivity index (χ1) is 11.9. The van der Waals surface area contributed by atoms with Crippen LogP contribution in [-0.4, -0.2) is 38.9 Å². The first kappa shape index (κ1) is 18.9. The van der Waals surface area contributed by atoms with Crippen molar-refractivity contribution in [2.24, 2.45) is 5.92 Å². The van der Waals surface area contributed by atoms with Crippen LogP contribution < -0.4 is 0 Å². The van der Waals surface area contributed by atoms with Crippen molar-refractivity contribution in [3.05, 3.63) is 33.2 Å². The van der Waals surface area contributed by atoms with E-state index in [0.29, 0.717) is 14.9 Å². The zero-order valence-electron chi connectivity index (χ0n) is 14.1. The van der Waals surface area contributed by atoms with E-state index in [1.54, 1.807) is 4.68 Å². The number of rotatable bonds is 4. The monoisotopic (exact) mass is 413 g/mol. The lowest BCUT2D eigenvalue weighted by Crippen LogP contribution is -2.41. The topological polar surface area (TPSA) is 38.1 Å². The molecule has 25 heavy (non-hydrogen) atoms. The normalized spacial score (nSPS) is 16.8. The molecule has 1 atom stereocenters. The highest BCUT2D eigenvalue weighted by atomic mass is 35.5. The van der Waals surface area contributed by atoms with E-state index in [9.17, 15) is 4.79 Å². The van der Waals surface area contributed by atoms with Crippen LogP contribution in [0.3, 0.4) is 0 Å². The lowest BCUT2D eigenvalue weighted by molar-refractivity contribution is -0.131. The fraction of sp³-hybridized carbons (Fsp3) is 0.471. The number of likely N-dealkylation sites (tertiary alicyclic amines) is 1. The average Bonchev–Trinajstić information content (AvgIpc) is 2.96. The molecule has 1 saturated heterocycles. The van der Waals surface area contributed by atoms with Gasteiger partial charge in [0.2, 0.25) is 5.91 Å². The minimum absolute atomic E-state index is 0.160. The summed E-state index contributed by atoms with van der Waals surface area (Å²) in [5, 5.41) is 5.09. The Morgan fingerprint density at radius 2 is 2.00 bits per heavy atom. The van der Waals surface area contributed by atoms with Crippen LogP contribution >= 0.6 is 46.9 Å². The van der Waals surface area contributed by atoms with Gasteiger partial charge in [-0.3, -0.25) is 4.79 Å². The van der Waals surface area contributed by atoms with Crippen LogP contribution in [0.5, 0.6) is 0 Å². The Morgan fingerprint density at radius 1 is 1.36 bits per heavy atom. The Bertz CT molecular complexity index is 794. The lowest BCUT2D eigenvalue weighted by atomic mass is 9.99. The third kappa shape index (κ3) is 4.64. The van der Waals surface area contributed by atoms with E-state index in [0.717, 1.165) is 36.0 Å². The lowest BCUT2D eigenvalue weighted by Gasteiger charge is -2.31. The molecule has 0 N–H and O–H groups in total. The van der Waals surface area contributed by atoms with Crippen molar-refractivity contribution < 1.29 is 4.79 Å². The molecule has 2 aromatic rings. The van der Waals surface area contributed by atoms with Crippen LogP contribution in [-0.2, 0) is 4.79 Å². The molecular weight excluding hydrogens is 394 g/mol. The number of benzene rings is 1. The number of halogens is 1. The zero-order valence-corrected chi connectivity index (χ0v) is 17.4. The molecule has 1 amide bonds. The van der Waals surface area contributed by atoms with Crippen molar-refractivity contribution >= 4 is 52.8 Å². The number of hydrogen-bond acceptors (Lipinski definition) is 5. The summed E-state index contributed by atoms with van der Waals surface area (Å²) in [5.74, 6) is 0.906. The molecule has 1 aromatic heterocycles. The van der Waals surface area contributed by atoms with E-state index < -0.39 is 0 Å². The quantitative estimate of drug-likeness (QED) is 0.519. The van der Waals surface area contributed by atoms with Crippen LogP contribution in [0.2, 0.25) is 5.02 Å². The highest BCUT2D eigenvalue weighted by Gasteiger charge is 2.26. The summed E-state index contributed by atoms with van der Waals surface area (Å²) < 4.78 is 3.20. The van der Waals surface area contributed by atoms with Crippen LogP contribution in [0, 0.1) is 9.87 Å². The van der Waals surface area contributed by atoms with E-state index in [-0.39, 0.29) is 11.2 Å². The van der Waals surface area contributed by atoms with Crippen molar-refractivity contribution in [2.45, 2.75) is 36.3 Å². The maximum atomic E-state index is 12.6. The van der Waals surface area contributed by atoms with Gasteiger partial charge in [-0.2, -0.15) is 0 Å². The molecule has 1 fully saturated rings. The molecule has 134 valence electrons. The highest BCUT2D eigenvalue weighted by Crippen LogP contribution is 2.29. The molecule has 4 nitrogen and oxygen atoms in total. The van der Waals surface area contributed by atoms with Gasteiger partial charge in [0.15, 0.2) is 8.29 Å². The minimum Gasteiger partial charge on any atom is -0.342 e. The second kappa shape index (κ2) is 8.20. The van der Waals surface area contributed by atoms with E-state index in [1.165, 1.54) is 23.1 Å². The van der Waals surface area contributed by atoms with E-state index in [1.807, 2.05) is 36.1 Å². The molecule has 2 heterocycles. The molecule has 1 aliphatic rings. The van der Waals surface area contributed by atoms with Crippen molar-refractivity contribution in [1.82, 2.24) is 14.7 Å². The highest BCUT2D eigenvalue weighted by molar-refractivity contribution is 8.02. The Balaban J connectivity index is 1.68. The van der Waals surface area contributed by atoms with Gasteiger partial charge in [-0.05, 0) is 62.2 Å². The maximum Gasteiger partial charge on any atom is 0.235 e. The summed E-state index contributed by atoms with van der Waals surface area (Å²) in [6, 6.07) is 7.40. The average molecular weight is 414 g/mol. The molecule has 0 bridgehead atoms.